The molecule has 4 heteroatoms. The number of rotatable bonds is 9. The van der Waals surface area contributed by atoms with Crippen LogP contribution in [0, 0.1) is 5.92 Å². The van der Waals surface area contributed by atoms with E-state index in [2.05, 4.69) is 18.8 Å². The standard InChI is InChI=1S/C13H24N2O2/c1-4-7-14-10-13(16)15(8-9-17-3)11(2)12-5-6-12/h4,11-12,14H,1,5-10H2,2-3H3. The summed E-state index contributed by atoms with van der Waals surface area (Å²) in [7, 11) is 1.67. The van der Waals surface area contributed by atoms with Gasteiger partial charge in [-0.2, -0.15) is 0 Å². The van der Waals surface area contributed by atoms with E-state index in [0.29, 0.717) is 38.2 Å². The van der Waals surface area contributed by atoms with Crippen LogP contribution < -0.4 is 5.32 Å². The average Bonchev–Trinajstić information content (AvgIpc) is 3.13. The fraction of sp³-hybridized carbons (Fsp3) is 0.769. The fourth-order valence-electron chi connectivity index (χ4n) is 1.96. The Balaban J connectivity index is 2.42. The first-order chi connectivity index (χ1) is 8.20. The molecule has 0 bridgehead atoms. The topological polar surface area (TPSA) is 41.6 Å². The molecular formula is C13H24N2O2. The SMILES string of the molecule is C=CCNCC(=O)N(CCOC)C(C)C1CC1. The van der Waals surface area contributed by atoms with Crippen LogP contribution in [0.4, 0.5) is 0 Å². The summed E-state index contributed by atoms with van der Waals surface area (Å²) < 4.78 is 5.07. The van der Waals surface area contributed by atoms with E-state index in [1.54, 1.807) is 13.2 Å². The molecule has 0 aromatic heterocycles. The minimum atomic E-state index is 0.156. The molecule has 1 atom stereocenters. The summed E-state index contributed by atoms with van der Waals surface area (Å²) in [4.78, 5) is 14.0. The van der Waals surface area contributed by atoms with Crippen molar-refractivity contribution in [1.82, 2.24) is 10.2 Å². The summed E-state index contributed by atoms with van der Waals surface area (Å²) in [5, 5.41) is 3.06. The van der Waals surface area contributed by atoms with Gasteiger partial charge in [0.05, 0.1) is 13.2 Å². The van der Waals surface area contributed by atoms with Crippen molar-refractivity contribution in [3.8, 4) is 0 Å². The van der Waals surface area contributed by atoms with Gasteiger partial charge in [0.1, 0.15) is 0 Å². The predicted molar refractivity (Wildman–Crippen MR) is 68.8 cm³/mol. The molecule has 1 amide bonds. The van der Waals surface area contributed by atoms with E-state index in [1.807, 2.05) is 4.90 Å². The highest BCUT2D eigenvalue weighted by atomic mass is 16.5. The van der Waals surface area contributed by atoms with Crippen molar-refractivity contribution < 1.29 is 9.53 Å². The molecule has 0 aromatic rings. The summed E-state index contributed by atoms with van der Waals surface area (Å²) >= 11 is 0. The molecule has 1 saturated carbocycles. The summed E-state index contributed by atoms with van der Waals surface area (Å²) in [5.74, 6) is 0.846. The van der Waals surface area contributed by atoms with Crippen LogP contribution in [-0.4, -0.2) is 50.2 Å². The van der Waals surface area contributed by atoms with Gasteiger partial charge in [-0.05, 0) is 25.7 Å². The van der Waals surface area contributed by atoms with Crippen molar-refractivity contribution in [3.05, 3.63) is 12.7 Å². The fourth-order valence-corrected chi connectivity index (χ4v) is 1.96. The Morgan fingerprint density at radius 2 is 2.35 bits per heavy atom. The van der Waals surface area contributed by atoms with Gasteiger partial charge in [0.2, 0.25) is 5.91 Å². The van der Waals surface area contributed by atoms with Crippen LogP contribution in [0.1, 0.15) is 19.8 Å². The van der Waals surface area contributed by atoms with Crippen LogP contribution in [0.25, 0.3) is 0 Å². The molecule has 1 fully saturated rings. The van der Waals surface area contributed by atoms with Gasteiger partial charge in [0.15, 0.2) is 0 Å². The predicted octanol–water partition coefficient (Wildman–Crippen LogP) is 1.04. The Morgan fingerprint density at radius 3 is 2.88 bits per heavy atom. The Hall–Kier alpha value is -0.870. The van der Waals surface area contributed by atoms with Gasteiger partial charge < -0.3 is 15.0 Å². The van der Waals surface area contributed by atoms with E-state index in [-0.39, 0.29) is 5.91 Å². The van der Waals surface area contributed by atoms with E-state index in [1.165, 1.54) is 12.8 Å². The van der Waals surface area contributed by atoms with Gasteiger partial charge in [-0.25, -0.2) is 0 Å². The maximum absolute atomic E-state index is 12.1. The molecule has 17 heavy (non-hydrogen) atoms. The highest BCUT2D eigenvalue weighted by Gasteiger charge is 2.33. The normalized spacial score (nSPS) is 16.6. The van der Waals surface area contributed by atoms with Gasteiger partial charge in [-0.15, -0.1) is 6.58 Å². The molecule has 0 saturated heterocycles. The lowest BCUT2D eigenvalue weighted by Gasteiger charge is -2.29. The number of ether oxygens (including phenoxy) is 1. The molecular weight excluding hydrogens is 216 g/mol. The Bertz CT molecular complexity index is 252. The van der Waals surface area contributed by atoms with Gasteiger partial charge in [0, 0.05) is 26.2 Å². The molecule has 1 aliphatic rings. The Labute approximate surface area is 104 Å². The minimum absolute atomic E-state index is 0.156. The molecule has 1 rings (SSSR count). The highest BCUT2D eigenvalue weighted by molar-refractivity contribution is 5.78. The lowest BCUT2D eigenvalue weighted by molar-refractivity contribution is -0.133. The summed E-state index contributed by atoms with van der Waals surface area (Å²) in [6, 6.07) is 0.336. The number of carbonyl (C=O) groups excluding carboxylic acids is 1. The van der Waals surface area contributed by atoms with Crippen molar-refractivity contribution in [2.24, 2.45) is 5.92 Å². The van der Waals surface area contributed by atoms with E-state index in [4.69, 9.17) is 4.74 Å². The molecule has 0 heterocycles. The molecule has 98 valence electrons. The maximum atomic E-state index is 12.1. The van der Waals surface area contributed by atoms with Crippen molar-refractivity contribution in [2.45, 2.75) is 25.8 Å². The second kappa shape index (κ2) is 7.45. The molecule has 1 aliphatic carbocycles. The Morgan fingerprint density at radius 1 is 1.65 bits per heavy atom. The number of carbonyl (C=O) groups is 1. The van der Waals surface area contributed by atoms with Crippen molar-refractivity contribution in [3.63, 3.8) is 0 Å². The average molecular weight is 240 g/mol. The van der Waals surface area contributed by atoms with Crippen LogP contribution in [-0.2, 0) is 9.53 Å². The molecule has 0 radical (unpaired) electrons. The second-order valence-electron chi connectivity index (χ2n) is 4.58. The van der Waals surface area contributed by atoms with E-state index >= 15 is 0 Å². The monoisotopic (exact) mass is 240 g/mol. The number of amides is 1. The second-order valence-corrected chi connectivity index (χ2v) is 4.58. The molecule has 0 spiro atoms. The number of nitrogens with zero attached hydrogens (tertiary/aromatic N) is 1. The molecule has 1 N–H and O–H groups in total. The summed E-state index contributed by atoms with van der Waals surface area (Å²) in [6.07, 6.45) is 4.26. The van der Waals surface area contributed by atoms with Gasteiger partial charge in [-0.1, -0.05) is 6.08 Å². The van der Waals surface area contributed by atoms with E-state index < -0.39 is 0 Å². The summed E-state index contributed by atoms with van der Waals surface area (Å²) in [5.41, 5.74) is 0. The van der Waals surface area contributed by atoms with Crippen LogP contribution in [0.3, 0.4) is 0 Å². The van der Waals surface area contributed by atoms with Crippen LogP contribution in [0.5, 0.6) is 0 Å². The minimum Gasteiger partial charge on any atom is -0.383 e. The third-order valence-corrected chi connectivity index (χ3v) is 3.22. The van der Waals surface area contributed by atoms with Gasteiger partial charge in [0.25, 0.3) is 0 Å². The van der Waals surface area contributed by atoms with Gasteiger partial charge in [-0.3, -0.25) is 4.79 Å². The van der Waals surface area contributed by atoms with E-state index in [9.17, 15) is 4.79 Å². The largest absolute Gasteiger partial charge is 0.383 e. The zero-order valence-corrected chi connectivity index (χ0v) is 10.9. The number of hydrogen-bond donors (Lipinski definition) is 1. The number of nitrogens with one attached hydrogen (secondary N) is 1. The van der Waals surface area contributed by atoms with Crippen molar-refractivity contribution in [2.75, 3.05) is 33.4 Å². The highest BCUT2D eigenvalue weighted by Crippen LogP contribution is 2.35. The maximum Gasteiger partial charge on any atom is 0.236 e. The van der Waals surface area contributed by atoms with E-state index in [0.717, 1.165) is 0 Å². The van der Waals surface area contributed by atoms with Crippen LogP contribution in [0.2, 0.25) is 0 Å². The first-order valence-corrected chi connectivity index (χ1v) is 6.30. The lowest BCUT2D eigenvalue weighted by Crippen LogP contribution is -2.45. The van der Waals surface area contributed by atoms with Crippen LogP contribution in [0.15, 0.2) is 12.7 Å². The Kier molecular flexibility index (Phi) is 6.22. The third-order valence-electron chi connectivity index (χ3n) is 3.22. The zero-order chi connectivity index (χ0) is 12.7. The number of hydrogen-bond acceptors (Lipinski definition) is 3. The van der Waals surface area contributed by atoms with Crippen LogP contribution >= 0.6 is 0 Å². The molecule has 1 unspecified atom stereocenters. The molecule has 4 nitrogen and oxygen atoms in total. The van der Waals surface area contributed by atoms with Crippen molar-refractivity contribution >= 4 is 5.91 Å². The number of methoxy groups -OCH3 is 1. The first kappa shape index (κ1) is 14.2. The summed E-state index contributed by atoms with van der Waals surface area (Å²) in [6.45, 7) is 8.09. The quantitative estimate of drug-likeness (QED) is 0.483. The molecule has 0 aliphatic heterocycles. The lowest BCUT2D eigenvalue weighted by atomic mass is 10.2. The van der Waals surface area contributed by atoms with Crippen molar-refractivity contribution in [1.29, 1.82) is 0 Å². The molecule has 0 aromatic carbocycles. The van der Waals surface area contributed by atoms with Gasteiger partial charge >= 0.3 is 0 Å². The zero-order valence-electron chi connectivity index (χ0n) is 10.9. The first-order valence-electron chi connectivity index (χ1n) is 6.30. The smallest absolute Gasteiger partial charge is 0.236 e. The third kappa shape index (κ3) is 4.88.